The monoisotopic (exact) mass is 323 g/mol. The summed E-state index contributed by atoms with van der Waals surface area (Å²) in [6.07, 6.45) is 3.52. The minimum atomic E-state index is 0.194. The van der Waals surface area contributed by atoms with Crippen LogP contribution in [0.25, 0.3) is 10.1 Å². The second-order valence-corrected chi connectivity index (χ2v) is 6.47. The van der Waals surface area contributed by atoms with Gasteiger partial charge in [-0.25, -0.2) is 0 Å². The van der Waals surface area contributed by atoms with Crippen LogP contribution < -0.4 is 0 Å². The third-order valence-corrected chi connectivity index (χ3v) is 4.87. The number of piperidine rings is 1. The number of halogens is 1. The Morgan fingerprint density at radius 3 is 2.78 bits per heavy atom. The maximum Gasteiger partial charge on any atom is 0.255 e. The molecule has 0 aliphatic carbocycles. The Balaban J connectivity index is 1.98. The zero-order chi connectivity index (χ0) is 12.5. The van der Waals surface area contributed by atoms with Crippen molar-refractivity contribution in [1.82, 2.24) is 4.90 Å². The smallest absolute Gasteiger partial charge is 0.255 e. The molecule has 0 bridgehead atoms. The highest BCUT2D eigenvalue weighted by Gasteiger charge is 2.20. The van der Waals surface area contributed by atoms with Gasteiger partial charge in [0.2, 0.25) is 0 Å². The van der Waals surface area contributed by atoms with Crippen LogP contribution in [0.1, 0.15) is 29.6 Å². The number of likely N-dealkylation sites (tertiary alicyclic amines) is 1. The van der Waals surface area contributed by atoms with Gasteiger partial charge in [-0.1, -0.05) is 15.9 Å². The summed E-state index contributed by atoms with van der Waals surface area (Å²) in [6, 6.07) is 6.13. The van der Waals surface area contributed by atoms with E-state index in [9.17, 15) is 4.79 Å². The van der Waals surface area contributed by atoms with Crippen molar-refractivity contribution in [2.45, 2.75) is 19.3 Å². The van der Waals surface area contributed by atoms with Gasteiger partial charge in [0.1, 0.15) is 0 Å². The molecule has 3 rings (SSSR count). The predicted octanol–water partition coefficient (Wildman–Crippen LogP) is 4.29. The summed E-state index contributed by atoms with van der Waals surface area (Å²) in [7, 11) is 0. The predicted molar refractivity (Wildman–Crippen MR) is 79.3 cm³/mol. The Kier molecular flexibility index (Phi) is 3.39. The molecule has 0 saturated carbocycles. The van der Waals surface area contributed by atoms with Crippen LogP contribution in [0.4, 0.5) is 0 Å². The normalized spacial score (nSPS) is 16.2. The quantitative estimate of drug-likeness (QED) is 0.766. The van der Waals surface area contributed by atoms with E-state index in [1.165, 1.54) is 11.1 Å². The first-order valence-corrected chi connectivity index (χ1v) is 7.89. The van der Waals surface area contributed by atoms with Gasteiger partial charge in [-0.05, 0) is 37.5 Å². The molecule has 1 amide bonds. The average molecular weight is 324 g/mol. The molecule has 1 fully saturated rings. The molecule has 1 aliphatic heterocycles. The number of carbonyl (C=O) groups excluding carboxylic acids is 1. The van der Waals surface area contributed by atoms with E-state index in [1.807, 2.05) is 22.4 Å². The number of carbonyl (C=O) groups is 1. The van der Waals surface area contributed by atoms with Crippen molar-refractivity contribution in [2.24, 2.45) is 0 Å². The number of amides is 1. The number of benzene rings is 1. The van der Waals surface area contributed by atoms with Crippen molar-refractivity contribution in [1.29, 1.82) is 0 Å². The zero-order valence-electron chi connectivity index (χ0n) is 9.99. The number of fused-ring (bicyclic) bond motifs is 1. The van der Waals surface area contributed by atoms with Gasteiger partial charge >= 0.3 is 0 Å². The zero-order valence-corrected chi connectivity index (χ0v) is 12.4. The van der Waals surface area contributed by atoms with E-state index in [2.05, 4.69) is 22.0 Å². The molecule has 2 heterocycles. The molecule has 1 aromatic carbocycles. The van der Waals surface area contributed by atoms with Crippen LogP contribution in [0.15, 0.2) is 28.1 Å². The first-order chi connectivity index (χ1) is 8.75. The molecule has 0 atom stereocenters. The standard InChI is InChI=1S/C14H14BrNOS/c15-10-4-5-13-11(8-10)12(9-18-13)14(17)16-6-2-1-3-7-16/h4-5,8-9H,1-3,6-7H2. The number of nitrogens with zero attached hydrogens (tertiary/aromatic N) is 1. The molecule has 18 heavy (non-hydrogen) atoms. The molecule has 4 heteroatoms. The van der Waals surface area contributed by atoms with Crippen molar-refractivity contribution in [3.05, 3.63) is 33.6 Å². The largest absolute Gasteiger partial charge is 0.339 e. The van der Waals surface area contributed by atoms with Crippen molar-refractivity contribution < 1.29 is 4.79 Å². The molecule has 2 nitrogen and oxygen atoms in total. The minimum Gasteiger partial charge on any atom is -0.339 e. The summed E-state index contributed by atoms with van der Waals surface area (Å²) < 4.78 is 2.21. The maximum atomic E-state index is 12.5. The Morgan fingerprint density at radius 1 is 1.22 bits per heavy atom. The molecule has 2 aromatic rings. The summed E-state index contributed by atoms with van der Waals surface area (Å²) in [6.45, 7) is 1.81. The Labute approximate surface area is 119 Å². The molecule has 0 spiro atoms. The molecule has 0 N–H and O–H groups in total. The van der Waals surface area contributed by atoms with Crippen molar-refractivity contribution in [3.63, 3.8) is 0 Å². The molecular weight excluding hydrogens is 310 g/mol. The van der Waals surface area contributed by atoms with E-state index >= 15 is 0 Å². The summed E-state index contributed by atoms with van der Waals surface area (Å²) in [5.41, 5.74) is 0.859. The van der Waals surface area contributed by atoms with Gasteiger partial charge in [-0.15, -0.1) is 11.3 Å². The molecule has 0 radical (unpaired) electrons. The number of hydrogen-bond donors (Lipinski definition) is 0. The van der Waals surface area contributed by atoms with Gasteiger partial charge in [-0.2, -0.15) is 0 Å². The van der Waals surface area contributed by atoms with Crippen LogP contribution in [-0.4, -0.2) is 23.9 Å². The van der Waals surface area contributed by atoms with Gasteiger partial charge in [0, 0.05) is 33.0 Å². The maximum absolute atomic E-state index is 12.5. The first-order valence-electron chi connectivity index (χ1n) is 6.22. The van der Waals surface area contributed by atoms with Gasteiger partial charge in [0.05, 0.1) is 5.56 Å². The first kappa shape index (κ1) is 12.2. The number of thiophene rings is 1. The highest BCUT2D eigenvalue weighted by Crippen LogP contribution is 2.30. The topological polar surface area (TPSA) is 20.3 Å². The van der Waals surface area contributed by atoms with Gasteiger partial charge < -0.3 is 4.90 Å². The number of hydrogen-bond acceptors (Lipinski definition) is 2. The summed E-state index contributed by atoms with van der Waals surface area (Å²) >= 11 is 5.12. The van der Waals surface area contributed by atoms with E-state index in [-0.39, 0.29) is 5.91 Å². The van der Waals surface area contributed by atoms with Crippen molar-refractivity contribution >= 4 is 43.3 Å². The van der Waals surface area contributed by atoms with Crippen LogP contribution in [-0.2, 0) is 0 Å². The highest BCUT2D eigenvalue weighted by molar-refractivity contribution is 9.10. The molecule has 94 valence electrons. The fourth-order valence-corrected chi connectivity index (χ4v) is 3.71. The van der Waals surface area contributed by atoms with Crippen LogP contribution in [0.5, 0.6) is 0 Å². The Hall–Kier alpha value is -0.870. The van der Waals surface area contributed by atoms with E-state index in [0.717, 1.165) is 41.4 Å². The number of rotatable bonds is 1. The van der Waals surface area contributed by atoms with Gasteiger partial charge in [0.15, 0.2) is 0 Å². The summed E-state index contributed by atoms with van der Waals surface area (Å²) in [5, 5.41) is 3.07. The highest BCUT2D eigenvalue weighted by atomic mass is 79.9. The molecule has 0 unspecified atom stereocenters. The van der Waals surface area contributed by atoms with Crippen molar-refractivity contribution in [2.75, 3.05) is 13.1 Å². The Bertz CT molecular complexity index is 586. The summed E-state index contributed by atoms with van der Waals surface area (Å²) in [4.78, 5) is 14.5. The average Bonchev–Trinajstić information content (AvgIpc) is 2.82. The van der Waals surface area contributed by atoms with E-state index < -0.39 is 0 Å². The SMILES string of the molecule is O=C(c1csc2ccc(Br)cc12)N1CCCCC1. The second-order valence-electron chi connectivity index (χ2n) is 4.64. The lowest BCUT2D eigenvalue weighted by Gasteiger charge is -2.26. The van der Waals surface area contributed by atoms with Gasteiger partial charge in [0.25, 0.3) is 5.91 Å². The fraction of sp³-hybridized carbons (Fsp3) is 0.357. The lowest BCUT2D eigenvalue weighted by molar-refractivity contribution is 0.0727. The van der Waals surface area contributed by atoms with E-state index in [0.29, 0.717) is 0 Å². The molecule has 1 aromatic heterocycles. The minimum absolute atomic E-state index is 0.194. The fourth-order valence-electron chi connectivity index (χ4n) is 2.43. The third kappa shape index (κ3) is 2.19. The van der Waals surface area contributed by atoms with Crippen LogP contribution >= 0.6 is 27.3 Å². The van der Waals surface area contributed by atoms with E-state index in [4.69, 9.17) is 0 Å². The van der Waals surface area contributed by atoms with Crippen molar-refractivity contribution in [3.8, 4) is 0 Å². The summed E-state index contributed by atoms with van der Waals surface area (Å²) in [5.74, 6) is 0.194. The Morgan fingerprint density at radius 2 is 2.00 bits per heavy atom. The molecular formula is C14H14BrNOS. The van der Waals surface area contributed by atoms with Crippen LogP contribution in [0, 0.1) is 0 Å². The van der Waals surface area contributed by atoms with Crippen LogP contribution in [0.3, 0.4) is 0 Å². The second kappa shape index (κ2) is 5.02. The lowest BCUT2D eigenvalue weighted by atomic mass is 10.1. The lowest BCUT2D eigenvalue weighted by Crippen LogP contribution is -2.35. The van der Waals surface area contributed by atoms with Gasteiger partial charge in [-0.3, -0.25) is 4.79 Å². The third-order valence-electron chi connectivity index (χ3n) is 3.41. The van der Waals surface area contributed by atoms with E-state index in [1.54, 1.807) is 11.3 Å². The molecule has 1 saturated heterocycles. The van der Waals surface area contributed by atoms with Crippen LogP contribution in [0.2, 0.25) is 0 Å². The molecule has 1 aliphatic rings.